The van der Waals surface area contributed by atoms with Crippen molar-refractivity contribution in [2.75, 3.05) is 18.8 Å². The molecule has 27 heavy (non-hydrogen) atoms. The van der Waals surface area contributed by atoms with Crippen molar-refractivity contribution in [3.63, 3.8) is 0 Å². The van der Waals surface area contributed by atoms with Crippen LogP contribution in [0.3, 0.4) is 0 Å². The molecule has 0 amide bonds. The van der Waals surface area contributed by atoms with E-state index in [0.29, 0.717) is 47.1 Å². The number of hydrogen-bond donors (Lipinski definition) is 0. The highest BCUT2D eigenvalue weighted by molar-refractivity contribution is 7.99. The molecule has 2 heterocycles. The Morgan fingerprint density at radius 3 is 2.56 bits per heavy atom. The summed E-state index contributed by atoms with van der Waals surface area (Å²) in [6.45, 7) is 8.31. The van der Waals surface area contributed by atoms with Crippen LogP contribution in [0.4, 0.5) is 4.39 Å². The Bertz CT molecular complexity index is 925. The van der Waals surface area contributed by atoms with Crippen LogP contribution >= 0.6 is 11.8 Å². The van der Waals surface area contributed by atoms with Crippen LogP contribution in [0.1, 0.15) is 48.5 Å². The zero-order valence-electron chi connectivity index (χ0n) is 16.1. The molecule has 5 nitrogen and oxygen atoms in total. The smallest absolute Gasteiger partial charge is 0.246 e. The third-order valence-electron chi connectivity index (χ3n) is 4.90. The van der Waals surface area contributed by atoms with Crippen LogP contribution in [0.5, 0.6) is 0 Å². The molecule has 1 aromatic carbocycles. The molecule has 1 aliphatic rings. The van der Waals surface area contributed by atoms with Gasteiger partial charge in [0.2, 0.25) is 10.0 Å². The quantitative estimate of drug-likeness (QED) is 0.760. The first kappa shape index (κ1) is 20.4. The standard InChI is InChI=1S/C19H26FN3O2S2/c1-13(2)23-15(4)19(14(3)21-23)27(24,25)22-10-9-18(26-12-11-22)16-7-5-6-8-17(16)20/h5-8,13,18H,9-12H2,1-4H3. The first-order valence-electron chi connectivity index (χ1n) is 9.15. The number of nitrogens with zero attached hydrogens (tertiary/aromatic N) is 3. The number of hydrogen-bond acceptors (Lipinski definition) is 4. The van der Waals surface area contributed by atoms with Gasteiger partial charge in [0.05, 0.1) is 11.4 Å². The van der Waals surface area contributed by atoms with E-state index in [1.54, 1.807) is 35.5 Å². The van der Waals surface area contributed by atoms with E-state index in [0.717, 1.165) is 0 Å². The maximum absolute atomic E-state index is 14.1. The van der Waals surface area contributed by atoms with Gasteiger partial charge in [-0.1, -0.05) is 18.2 Å². The molecule has 1 aliphatic heterocycles. The number of sulfonamides is 1. The van der Waals surface area contributed by atoms with Crippen molar-refractivity contribution < 1.29 is 12.8 Å². The second-order valence-electron chi connectivity index (χ2n) is 7.11. The minimum Gasteiger partial charge on any atom is -0.266 e. The van der Waals surface area contributed by atoms with Crippen molar-refractivity contribution in [3.8, 4) is 0 Å². The Labute approximate surface area is 165 Å². The second-order valence-corrected chi connectivity index (χ2v) is 10.3. The van der Waals surface area contributed by atoms with Gasteiger partial charge in [0.25, 0.3) is 0 Å². The van der Waals surface area contributed by atoms with Crippen LogP contribution in [0.25, 0.3) is 0 Å². The lowest BCUT2D eigenvalue weighted by Crippen LogP contribution is -2.33. The molecule has 0 aliphatic carbocycles. The lowest BCUT2D eigenvalue weighted by Gasteiger charge is -2.20. The van der Waals surface area contributed by atoms with E-state index < -0.39 is 10.0 Å². The Hall–Kier alpha value is -1.38. The third-order valence-corrected chi connectivity index (χ3v) is 8.36. The third kappa shape index (κ3) is 3.93. The van der Waals surface area contributed by atoms with Gasteiger partial charge in [0.1, 0.15) is 10.7 Å². The van der Waals surface area contributed by atoms with Crippen LogP contribution in [-0.4, -0.2) is 41.3 Å². The fraction of sp³-hybridized carbons (Fsp3) is 0.526. The number of rotatable bonds is 4. The van der Waals surface area contributed by atoms with Crippen molar-refractivity contribution in [2.24, 2.45) is 0 Å². The lowest BCUT2D eigenvalue weighted by atomic mass is 10.1. The van der Waals surface area contributed by atoms with E-state index in [2.05, 4.69) is 5.10 Å². The molecule has 0 bridgehead atoms. The van der Waals surface area contributed by atoms with Crippen LogP contribution in [-0.2, 0) is 10.0 Å². The number of thioether (sulfide) groups is 1. The summed E-state index contributed by atoms with van der Waals surface area (Å²) in [7, 11) is -3.63. The summed E-state index contributed by atoms with van der Waals surface area (Å²) in [6, 6.07) is 6.85. The molecule has 0 saturated carbocycles. The largest absolute Gasteiger partial charge is 0.266 e. The fourth-order valence-electron chi connectivity index (χ4n) is 3.63. The summed E-state index contributed by atoms with van der Waals surface area (Å²) in [5.41, 5.74) is 1.86. The highest BCUT2D eigenvalue weighted by Gasteiger charge is 2.33. The summed E-state index contributed by atoms with van der Waals surface area (Å²) in [6.07, 6.45) is 0.585. The predicted octanol–water partition coefficient (Wildman–Crippen LogP) is 4.09. The van der Waals surface area contributed by atoms with Crippen molar-refractivity contribution in [1.82, 2.24) is 14.1 Å². The predicted molar refractivity (Wildman–Crippen MR) is 107 cm³/mol. The number of aryl methyl sites for hydroxylation is 1. The molecule has 1 saturated heterocycles. The van der Waals surface area contributed by atoms with Crippen molar-refractivity contribution in [2.45, 2.75) is 50.3 Å². The summed E-state index contributed by atoms with van der Waals surface area (Å²) in [4.78, 5) is 0.311. The summed E-state index contributed by atoms with van der Waals surface area (Å²) in [5.74, 6) is 0.408. The van der Waals surface area contributed by atoms with E-state index in [9.17, 15) is 12.8 Å². The van der Waals surface area contributed by atoms with E-state index in [1.165, 1.54) is 10.4 Å². The Morgan fingerprint density at radius 2 is 1.93 bits per heavy atom. The number of benzene rings is 1. The van der Waals surface area contributed by atoms with Gasteiger partial charge in [-0.05, 0) is 40.2 Å². The van der Waals surface area contributed by atoms with E-state index in [-0.39, 0.29) is 17.1 Å². The van der Waals surface area contributed by atoms with Crippen LogP contribution in [0.2, 0.25) is 0 Å². The second kappa shape index (κ2) is 7.93. The van der Waals surface area contributed by atoms with E-state index >= 15 is 0 Å². The molecule has 3 rings (SSSR count). The highest BCUT2D eigenvalue weighted by Crippen LogP contribution is 2.37. The average molecular weight is 412 g/mol. The molecule has 1 atom stereocenters. The molecule has 0 N–H and O–H groups in total. The molecule has 1 fully saturated rings. The normalized spacial score (nSPS) is 19.4. The van der Waals surface area contributed by atoms with Gasteiger partial charge in [0.15, 0.2) is 0 Å². The SMILES string of the molecule is Cc1nn(C(C)C)c(C)c1S(=O)(=O)N1CCSC(c2ccccc2F)CC1. The first-order valence-corrected chi connectivity index (χ1v) is 11.6. The average Bonchev–Trinajstić information content (AvgIpc) is 2.78. The lowest BCUT2D eigenvalue weighted by molar-refractivity contribution is 0.426. The van der Waals surface area contributed by atoms with E-state index in [4.69, 9.17) is 0 Å². The van der Waals surface area contributed by atoms with Crippen molar-refractivity contribution in [1.29, 1.82) is 0 Å². The van der Waals surface area contributed by atoms with Gasteiger partial charge in [0, 0.05) is 35.7 Å². The highest BCUT2D eigenvalue weighted by atomic mass is 32.2. The molecule has 8 heteroatoms. The van der Waals surface area contributed by atoms with Crippen LogP contribution < -0.4 is 0 Å². The van der Waals surface area contributed by atoms with Crippen molar-refractivity contribution >= 4 is 21.8 Å². The Kier molecular flexibility index (Phi) is 5.98. The maximum Gasteiger partial charge on any atom is 0.246 e. The van der Waals surface area contributed by atoms with Crippen LogP contribution in [0.15, 0.2) is 29.2 Å². The molecule has 0 radical (unpaired) electrons. The van der Waals surface area contributed by atoms with Gasteiger partial charge in [-0.3, -0.25) is 4.68 Å². The zero-order valence-corrected chi connectivity index (χ0v) is 17.8. The first-order chi connectivity index (χ1) is 12.7. The Balaban J connectivity index is 1.86. The Morgan fingerprint density at radius 1 is 1.22 bits per heavy atom. The molecular formula is C19H26FN3O2S2. The van der Waals surface area contributed by atoms with Gasteiger partial charge in [-0.2, -0.15) is 21.2 Å². The number of aromatic nitrogens is 2. The van der Waals surface area contributed by atoms with Gasteiger partial charge >= 0.3 is 0 Å². The molecular weight excluding hydrogens is 385 g/mol. The number of halogens is 1. The summed E-state index contributed by atoms with van der Waals surface area (Å²) >= 11 is 1.62. The molecule has 1 unspecified atom stereocenters. The van der Waals surface area contributed by atoms with Crippen molar-refractivity contribution in [3.05, 3.63) is 47.0 Å². The zero-order chi connectivity index (χ0) is 19.8. The topological polar surface area (TPSA) is 55.2 Å². The van der Waals surface area contributed by atoms with E-state index in [1.807, 2.05) is 26.8 Å². The van der Waals surface area contributed by atoms with Gasteiger partial charge in [-0.15, -0.1) is 0 Å². The maximum atomic E-state index is 14.1. The van der Waals surface area contributed by atoms with Gasteiger partial charge < -0.3 is 0 Å². The molecule has 1 aromatic heterocycles. The summed E-state index contributed by atoms with van der Waals surface area (Å²) < 4.78 is 44.1. The molecule has 148 valence electrons. The minimum atomic E-state index is -3.63. The summed E-state index contributed by atoms with van der Waals surface area (Å²) in [5, 5.41) is 4.39. The monoisotopic (exact) mass is 411 g/mol. The molecule has 2 aromatic rings. The molecule has 0 spiro atoms. The van der Waals surface area contributed by atoms with Gasteiger partial charge in [-0.25, -0.2) is 12.8 Å². The fourth-order valence-corrected chi connectivity index (χ4v) is 6.81. The minimum absolute atomic E-state index is 0.0352. The van der Waals surface area contributed by atoms with Crippen LogP contribution in [0, 0.1) is 19.7 Å².